The molecule has 0 spiro atoms. The van der Waals surface area contributed by atoms with E-state index in [1.165, 1.54) is 5.56 Å². The molecule has 0 saturated carbocycles. The third-order valence-electron chi connectivity index (χ3n) is 3.21. The Morgan fingerprint density at radius 1 is 1.10 bits per heavy atom. The molecule has 2 N–H and O–H groups in total. The summed E-state index contributed by atoms with van der Waals surface area (Å²) in [6, 6.07) is 8.07. The van der Waals surface area contributed by atoms with Crippen molar-refractivity contribution < 1.29 is 4.79 Å². The summed E-state index contributed by atoms with van der Waals surface area (Å²) in [6.45, 7) is 13.3. The SMILES string of the molecule is CC(C)CNC(=O)C(C)Nc1ccc(C(C)(C)C)cc1. The zero-order chi connectivity index (χ0) is 15.3. The molecular weight excluding hydrogens is 248 g/mol. The molecule has 0 aliphatic rings. The van der Waals surface area contributed by atoms with Crippen LogP contribution in [0, 0.1) is 5.92 Å². The number of benzene rings is 1. The monoisotopic (exact) mass is 276 g/mol. The molecule has 3 nitrogen and oxygen atoms in total. The summed E-state index contributed by atoms with van der Waals surface area (Å²) in [4.78, 5) is 11.9. The van der Waals surface area contributed by atoms with E-state index < -0.39 is 0 Å². The normalized spacial score (nSPS) is 13.2. The fourth-order valence-electron chi connectivity index (χ4n) is 1.84. The number of anilines is 1. The predicted octanol–water partition coefficient (Wildman–Crippen LogP) is 3.56. The van der Waals surface area contributed by atoms with E-state index in [0.717, 1.165) is 5.69 Å². The molecule has 0 saturated heterocycles. The van der Waals surface area contributed by atoms with Gasteiger partial charge >= 0.3 is 0 Å². The highest BCUT2D eigenvalue weighted by atomic mass is 16.2. The van der Waals surface area contributed by atoms with Gasteiger partial charge in [0.1, 0.15) is 6.04 Å². The van der Waals surface area contributed by atoms with E-state index in [4.69, 9.17) is 0 Å². The molecule has 3 heteroatoms. The third-order valence-corrected chi connectivity index (χ3v) is 3.21. The van der Waals surface area contributed by atoms with Crippen molar-refractivity contribution in [1.29, 1.82) is 0 Å². The molecule has 1 amide bonds. The lowest BCUT2D eigenvalue weighted by molar-refractivity contribution is -0.121. The summed E-state index contributed by atoms with van der Waals surface area (Å²) in [5.41, 5.74) is 2.42. The Labute approximate surface area is 123 Å². The first-order valence-electron chi connectivity index (χ1n) is 7.35. The first-order chi connectivity index (χ1) is 9.20. The van der Waals surface area contributed by atoms with Gasteiger partial charge in [0.15, 0.2) is 0 Å². The fraction of sp³-hybridized carbons (Fsp3) is 0.588. The smallest absolute Gasteiger partial charge is 0.242 e. The van der Waals surface area contributed by atoms with E-state index in [9.17, 15) is 4.79 Å². The molecule has 0 radical (unpaired) electrons. The minimum atomic E-state index is -0.228. The standard InChI is InChI=1S/C17H28N2O/c1-12(2)11-18-16(20)13(3)19-15-9-7-14(8-10-15)17(4,5)6/h7-10,12-13,19H,11H2,1-6H3,(H,18,20). The van der Waals surface area contributed by atoms with Crippen LogP contribution in [0.1, 0.15) is 47.1 Å². The second kappa shape index (κ2) is 6.78. The van der Waals surface area contributed by atoms with Crippen molar-refractivity contribution in [2.24, 2.45) is 5.92 Å². The summed E-state index contributed by atoms with van der Waals surface area (Å²) in [6.07, 6.45) is 0. The molecule has 1 rings (SSSR count). The van der Waals surface area contributed by atoms with E-state index in [-0.39, 0.29) is 17.4 Å². The summed E-state index contributed by atoms with van der Waals surface area (Å²) in [7, 11) is 0. The van der Waals surface area contributed by atoms with Crippen LogP contribution in [0.2, 0.25) is 0 Å². The van der Waals surface area contributed by atoms with Gasteiger partial charge in [-0.15, -0.1) is 0 Å². The second-order valence-corrected chi connectivity index (χ2v) is 6.83. The van der Waals surface area contributed by atoms with Crippen molar-refractivity contribution >= 4 is 11.6 Å². The van der Waals surface area contributed by atoms with E-state index in [2.05, 4.69) is 57.4 Å². The maximum absolute atomic E-state index is 11.9. The lowest BCUT2D eigenvalue weighted by Gasteiger charge is -2.20. The summed E-state index contributed by atoms with van der Waals surface area (Å²) >= 11 is 0. The van der Waals surface area contributed by atoms with Crippen molar-refractivity contribution in [3.63, 3.8) is 0 Å². The molecule has 0 aromatic heterocycles. The van der Waals surface area contributed by atoms with E-state index in [1.807, 2.05) is 19.1 Å². The molecule has 1 unspecified atom stereocenters. The molecule has 112 valence electrons. The predicted molar refractivity (Wildman–Crippen MR) is 86.1 cm³/mol. The van der Waals surface area contributed by atoms with Crippen molar-refractivity contribution in [2.45, 2.75) is 53.0 Å². The Morgan fingerprint density at radius 2 is 1.65 bits per heavy atom. The quantitative estimate of drug-likeness (QED) is 0.863. The molecule has 0 heterocycles. The van der Waals surface area contributed by atoms with Crippen molar-refractivity contribution in [3.8, 4) is 0 Å². The number of hydrogen-bond donors (Lipinski definition) is 2. The number of amides is 1. The molecule has 20 heavy (non-hydrogen) atoms. The van der Waals surface area contributed by atoms with Crippen molar-refractivity contribution in [1.82, 2.24) is 5.32 Å². The molecule has 0 fully saturated rings. The largest absolute Gasteiger partial charge is 0.374 e. The number of nitrogens with one attached hydrogen (secondary N) is 2. The Morgan fingerprint density at radius 3 is 2.10 bits per heavy atom. The molecule has 1 atom stereocenters. The van der Waals surface area contributed by atoms with Gasteiger partial charge in [-0.1, -0.05) is 46.8 Å². The van der Waals surface area contributed by atoms with Gasteiger partial charge in [0, 0.05) is 12.2 Å². The van der Waals surface area contributed by atoms with Gasteiger partial charge in [-0.2, -0.15) is 0 Å². The molecule has 0 aliphatic carbocycles. The zero-order valence-electron chi connectivity index (χ0n) is 13.6. The van der Waals surface area contributed by atoms with Gasteiger partial charge in [-0.25, -0.2) is 0 Å². The van der Waals surface area contributed by atoms with Crippen molar-refractivity contribution in [3.05, 3.63) is 29.8 Å². The Kier molecular flexibility index (Phi) is 5.61. The molecule has 0 aliphatic heterocycles. The number of rotatable bonds is 5. The minimum Gasteiger partial charge on any atom is -0.374 e. The third kappa shape index (κ3) is 5.24. The first kappa shape index (κ1) is 16.5. The average Bonchev–Trinajstić information content (AvgIpc) is 2.35. The number of carbonyl (C=O) groups is 1. The van der Waals surface area contributed by atoms with Crippen LogP contribution in [0.15, 0.2) is 24.3 Å². The maximum Gasteiger partial charge on any atom is 0.242 e. The van der Waals surface area contributed by atoms with Gasteiger partial charge in [0.2, 0.25) is 5.91 Å². The van der Waals surface area contributed by atoms with Gasteiger partial charge in [0.25, 0.3) is 0 Å². The van der Waals surface area contributed by atoms with Crippen LogP contribution in [0.5, 0.6) is 0 Å². The second-order valence-electron chi connectivity index (χ2n) is 6.83. The van der Waals surface area contributed by atoms with Gasteiger partial charge in [-0.05, 0) is 36.0 Å². The molecule has 1 aromatic rings. The molecular formula is C17H28N2O. The lowest BCUT2D eigenvalue weighted by Crippen LogP contribution is -2.39. The van der Waals surface area contributed by atoms with Gasteiger partial charge in [0.05, 0.1) is 0 Å². The first-order valence-corrected chi connectivity index (χ1v) is 7.35. The van der Waals surface area contributed by atoms with Crippen LogP contribution < -0.4 is 10.6 Å². The summed E-state index contributed by atoms with van der Waals surface area (Å²) in [5, 5.41) is 6.17. The van der Waals surface area contributed by atoms with Crippen LogP contribution in [-0.4, -0.2) is 18.5 Å². The van der Waals surface area contributed by atoms with Gasteiger partial charge < -0.3 is 10.6 Å². The van der Waals surface area contributed by atoms with E-state index in [1.54, 1.807) is 0 Å². The zero-order valence-corrected chi connectivity index (χ0v) is 13.6. The maximum atomic E-state index is 11.9. The Bertz CT molecular complexity index is 429. The van der Waals surface area contributed by atoms with Gasteiger partial charge in [-0.3, -0.25) is 4.79 Å². The fourth-order valence-corrected chi connectivity index (χ4v) is 1.84. The average molecular weight is 276 g/mol. The van der Waals surface area contributed by atoms with E-state index >= 15 is 0 Å². The van der Waals surface area contributed by atoms with Crippen LogP contribution in [0.25, 0.3) is 0 Å². The number of hydrogen-bond acceptors (Lipinski definition) is 2. The van der Waals surface area contributed by atoms with Crippen molar-refractivity contribution in [2.75, 3.05) is 11.9 Å². The summed E-state index contributed by atoms with van der Waals surface area (Å²) in [5.74, 6) is 0.510. The molecule has 0 bridgehead atoms. The van der Waals surface area contributed by atoms with E-state index in [0.29, 0.717) is 12.5 Å². The Hall–Kier alpha value is -1.51. The van der Waals surface area contributed by atoms with Crippen LogP contribution >= 0.6 is 0 Å². The topological polar surface area (TPSA) is 41.1 Å². The summed E-state index contributed by atoms with van der Waals surface area (Å²) < 4.78 is 0. The number of carbonyl (C=O) groups excluding carboxylic acids is 1. The highest BCUT2D eigenvalue weighted by molar-refractivity contribution is 5.84. The molecule has 1 aromatic carbocycles. The van der Waals surface area contributed by atoms with Crippen LogP contribution in [-0.2, 0) is 10.2 Å². The van der Waals surface area contributed by atoms with Crippen LogP contribution in [0.4, 0.5) is 5.69 Å². The highest BCUT2D eigenvalue weighted by Gasteiger charge is 2.15. The lowest BCUT2D eigenvalue weighted by atomic mass is 9.87. The minimum absolute atomic E-state index is 0.0404. The highest BCUT2D eigenvalue weighted by Crippen LogP contribution is 2.23. The van der Waals surface area contributed by atoms with Crippen LogP contribution in [0.3, 0.4) is 0 Å². The Balaban J connectivity index is 2.58.